The summed E-state index contributed by atoms with van der Waals surface area (Å²) < 4.78 is 8.12. The number of amides is 1. The average Bonchev–Trinajstić information content (AvgIpc) is 3.33. The predicted molar refractivity (Wildman–Crippen MR) is 124 cm³/mol. The molecule has 1 atom stereocenters. The first kappa shape index (κ1) is 19.8. The van der Waals surface area contributed by atoms with Gasteiger partial charge < -0.3 is 10.1 Å². The number of ether oxygens (including phenoxy) is 1. The van der Waals surface area contributed by atoms with Gasteiger partial charge in [0.25, 0.3) is 0 Å². The Morgan fingerprint density at radius 2 is 1.97 bits per heavy atom. The van der Waals surface area contributed by atoms with E-state index in [1.807, 2.05) is 25.1 Å². The Hall–Kier alpha value is -3.19. The van der Waals surface area contributed by atoms with E-state index in [0.717, 1.165) is 43.7 Å². The highest BCUT2D eigenvalue weighted by Gasteiger charge is 2.33. The van der Waals surface area contributed by atoms with Gasteiger partial charge in [-0.1, -0.05) is 49.4 Å². The Morgan fingerprint density at radius 3 is 2.68 bits per heavy atom. The molecule has 2 aromatic carbocycles. The van der Waals surface area contributed by atoms with Gasteiger partial charge in [-0.05, 0) is 42.2 Å². The number of thiazole rings is 1. The van der Waals surface area contributed by atoms with E-state index in [9.17, 15) is 4.79 Å². The second kappa shape index (κ2) is 7.50. The highest BCUT2D eigenvalue weighted by Crippen LogP contribution is 2.41. The molecule has 4 aromatic rings. The van der Waals surface area contributed by atoms with E-state index in [2.05, 4.69) is 43.4 Å². The zero-order valence-corrected chi connectivity index (χ0v) is 18.8. The number of carbonyl (C=O) groups is 1. The number of fused-ring (bicyclic) bond motifs is 2. The molecule has 6 nitrogen and oxygen atoms in total. The molecule has 0 bridgehead atoms. The molecule has 0 aliphatic carbocycles. The minimum Gasteiger partial charge on any atom is -0.497 e. The average molecular weight is 433 g/mol. The fourth-order valence-electron chi connectivity index (χ4n) is 4.19. The molecule has 1 amide bonds. The van der Waals surface area contributed by atoms with Crippen LogP contribution >= 0.6 is 11.3 Å². The number of aromatic nitrogens is 3. The fourth-order valence-corrected chi connectivity index (χ4v) is 5.15. The van der Waals surface area contributed by atoms with Gasteiger partial charge in [0.1, 0.15) is 11.6 Å². The van der Waals surface area contributed by atoms with Crippen molar-refractivity contribution in [3.8, 4) is 10.9 Å². The molecule has 1 aliphatic rings. The van der Waals surface area contributed by atoms with Crippen molar-refractivity contribution in [3.63, 3.8) is 0 Å². The molecule has 0 saturated carbocycles. The summed E-state index contributed by atoms with van der Waals surface area (Å²) in [5.74, 6) is 1.96. The number of rotatable bonds is 4. The molecule has 31 heavy (non-hydrogen) atoms. The minimum absolute atomic E-state index is 0.00522. The highest BCUT2D eigenvalue weighted by atomic mass is 32.1. The molecule has 1 aliphatic heterocycles. The summed E-state index contributed by atoms with van der Waals surface area (Å²) in [5.41, 5.74) is 5.28. The molecular formula is C24H24N4O2S. The number of anilines is 1. The van der Waals surface area contributed by atoms with Gasteiger partial charge in [-0.15, -0.1) is 0 Å². The van der Waals surface area contributed by atoms with Crippen LogP contribution in [0.1, 0.15) is 54.5 Å². The van der Waals surface area contributed by atoms with Crippen LogP contribution in [0.5, 0.6) is 5.75 Å². The lowest BCUT2D eigenvalue weighted by molar-refractivity contribution is -0.116. The van der Waals surface area contributed by atoms with E-state index < -0.39 is 0 Å². The first-order valence-electron chi connectivity index (χ1n) is 10.4. The van der Waals surface area contributed by atoms with E-state index in [1.165, 1.54) is 16.9 Å². The zero-order chi connectivity index (χ0) is 21.7. The van der Waals surface area contributed by atoms with E-state index in [4.69, 9.17) is 14.8 Å². The quantitative estimate of drug-likeness (QED) is 0.469. The van der Waals surface area contributed by atoms with Crippen molar-refractivity contribution >= 4 is 33.3 Å². The SMILES string of the molecule is COc1ccc2nc(-n3nc(C)c4c3NC(=O)CC4c3ccc(C(C)C)cc3)sc2c1. The monoisotopic (exact) mass is 432 g/mol. The number of nitrogens with one attached hydrogen (secondary N) is 1. The standard InChI is InChI=1S/C24H24N4O2S/c1-13(2)15-5-7-16(8-6-15)18-12-21(29)26-23-22(18)14(3)27-28(23)24-25-19-10-9-17(30-4)11-20(19)31-24/h5-11,13,18H,12H2,1-4H3,(H,26,29). The van der Waals surface area contributed by atoms with Gasteiger partial charge in [-0.2, -0.15) is 9.78 Å². The maximum atomic E-state index is 12.6. The third-order valence-electron chi connectivity index (χ3n) is 5.87. The van der Waals surface area contributed by atoms with Crippen molar-refractivity contribution in [1.29, 1.82) is 0 Å². The Morgan fingerprint density at radius 1 is 1.19 bits per heavy atom. The van der Waals surface area contributed by atoms with Crippen molar-refractivity contribution < 1.29 is 9.53 Å². The number of carbonyl (C=O) groups excluding carboxylic acids is 1. The van der Waals surface area contributed by atoms with Crippen LogP contribution < -0.4 is 10.1 Å². The fraction of sp³-hybridized carbons (Fsp3) is 0.292. The van der Waals surface area contributed by atoms with Gasteiger partial charge in [0.15, 0.2) is 0 Å². The summed E-state index contributed by atoms with van der Waals surface area (Å²) in [5, 5.41) is 8.55. The van der Waals surface area contributed by atoms with Gasteiger partial charge in [0.05, 0.1) is 23.0 Å². The molecule has 158 valence electrons. The maximum Gasteiger partial charge on any atom is 0.226 e. The molecule has 5 rings (SSSR count). The number of nitrogens with zero attached hydrogens (tertiary/aromatic N) is 3. The minimum atomic E-state index is -0.0202. The summed E-state index contributed by atoms with van der Waals surface area (Å²) in [6.07, 6.45) is 0.414. The van der Waals surface area contributed by atoms with E-state index in [0.29, 0.717) is 12.3 Å². The Bertz CT molecular complexity index is 1290. The molecule has 0 fully saturated rings. The van der Waals surface area contributed by atoms with E-state index >= 15 is 0 Å². The first-order valence-corrected chi connectivity index (χ1v) is 11.2. The normalized spacial score (nSPS) is 15.9. The third kappa shape index (κ3) is 3.39. The van der Waals surface area contributed by atoms with Gasteiger partial charge in [0.2, 0.25) is 11.0 Å². The zero-order valence-electron chi connectivity index (χ0n) is 18.0. The van der Waals surface area contributed by atoms with Crippen LogP contribution in [0, 0.1) is 6.92 Å². The second-order valence-electron chi connectivity index (χ2n) is 8.22. The van der Waals surface area contributed by atoms with Gasteiger partial charge in [-0.25, -0.2) is 4.98 Å². The molecular weight excluding hydrogens is 408 g/mol. The summed E-state index contributed by atoms with van der Waals surface area (Å²) >= 11 is 1.53. The number of aryl methyl sites for hydroxylation is 1. The van der Waals surface area contributed by atoms with E-state index in [-0.39, 0.29) is 11.8 Å². The summed E-state index contributed by atoms with van der Waals surface area (Å²) in [7, 11) is 1.65. The molecule has 7 heteroatoms. The molecule has 1 unspecified atom stereocenters. The Kier molecular flexibility index (Phi) is 4.78. The Balaban J connectivity index is 1.60. The van der Waals surface area contributed by atoms with Crippen LogP contribution in [0.2, 0.25) is 0 Å². The van der Waals surface area contributed by atoms with Gasteiger partial charge in [0, 0.05) is 17.9 Å². The van der Waals surface area contributed by atoms with Crippen molar-refractivity contribution in [1.82, 2.24) is 14.8 Å². The van der Waals surface area contributed by atoms with Crippen molar-refractivity contribution in [2.45, 2.75) is 39.0 Å². The molecule has 0 radical (unpaired) electrons. The van der Waals surface area contributed by atoms with Crippen LogP contribution in [-0.4, -0.2) is 27.8 Å². The van der Waals surface area contributed by atoms with Crippen LogP contribution in [0.15, 0.2) is 42.5 Å². The third-order valence-corrected chi connectivity index (χ3v) is 6.87. The van der Waals surface area contributed by atoms with Crippen LogP contribution in [0.25, 0.3) is 15.3 Å². The van der Waals surface area contributed by atoms with Crippen LogP contribution in [0.4, 0.5) is 5.82 Å². The van der Waals surface area contributed by atoms with Gasteiger partial charge in [-0.3, -0.25) is 4.79 Å². The molecule has 1 N–H and O–H groups in total. The smallest absolute Gasteiger partial charge is 0.226 e. The van der Waals surface area contributed by atoms with Crippen LogP contribution in [0.3, 0.4) is 0 Å². The lowest BCUT2D eigenvalue weighted by atomic mass is 9.85. The number of benzene rings is 2. The Labute approximate surface area is 184 Å². The maximum absolute atomic E-state index is 12.6. The summed E-state index contributed by atoms with van der Waals surface area (Å²) in [6.45, 7) is 6.37. The van der Waals surface area contributed by atoms with Crippen molar-refractivity contribution in [2.24, 2.45) is 0 Å². The first-order chi connectivity index (χ1) is 14.9. The molecule has 0 spiro atoms. The van der Waals surface area contributed by atoms with Crippen molar-refractivity contribution in [3.05, 3.63) is 64.8 Å². The van der Waals surface area contributed by atoms with Crippen molar-refractivity contribution in [2.75, 3.05) is 12.4 Å². The molecule has 0 saturated heterocycles. The van der Waals surface area contributed by atoms with E-state index in [1.54, 1.807) is 11.8 Å². The lowest BCUT2D eigenvalue weighted by Gasteiger charge is -2.24. The van der Waals surface area contributed by atoms with Gasteiger partial charge >= 0.3 is 0 Å². The largest absolute Gasteiger partial charge is 0.497 e. The summed E-state index contributed by atoms with van der Waals surface area (Å²) in [4.78, 5) is 17.4. The second-order valence-corrected chi connectivity index (χ2v) is 9.22. The number of hydrogen-bond donors (Lipinski definition) is 1. The molecule has 2 aromatic heterocycles. The molecule has 3 heterocycles. The number of hydrogen-bond acceptors (Lipinski definition) is 5. The highest BCUT2D eigenvalue weighted by molar-refractivity contribution is 7.20. The topological polar surface area (TPSA) is 69.0 Å². The predicted octanol–water partition coefficient (Wildman–Crippen LogP) is 5.40. The number of methoxy groups -OCH3 is 1. The van der Waals surface area contributed by atoms with Crippen LogP contribution in [-0.2, 0) is 4.79 Å². The lowest BCUT2D eigenvalue weighted by Crippen LogP contribution is -2.24. The summed E-state index contributed by atoms with van der Waals surface area (Å²) in [6, 6.07) is 14.4.